The molecule has 0 aliphatic heterocycles. The smallest absolute Gasteiger partial charge is 0.328 e. The summed E-state index contributed by atoms with van der Waals surface area (Å²) in [5.41, 5.74) is 1.67. The zero-order valence-electron chi connectivity index (χ0n) is 14.7. The number of halogens is 3. The fourth-order valence-electron chi connectivity index (χ4n) is 2.70. The molecule has 0 aliphatic carbocycles. The van der Waals surface area contributed by atoms with Crippen molar-refractivity contribution in [1.29, 1.82) is 0 Å². The predicted molar refractivity (Wildman–Crippen MR) is 93.4 cm³/mol. The molecule has 0 unspecified atom stereocenters. The van der Waals surface area contributed by atoms with Crippen molar-refractivity contribution in [3.63, 3.8) is 0 Å². The number of fused-ring (bicyclic) bond motifs is 1. The average molecular weight is 396 g/mol. The van der Waals surface area contributed by atoms with Crippen molar-refractivity contribution in [1.82, 2.24) is 24.1 Å². The van der Waals surface area contributed by atoms with Gasteiger partial charge in [0.2, 0.25) is 0 Å². The third-order valence-corrected chi connectivity index (χ3v) is 4.07. The standard InChI is InChI=1S/C16H15F3N6O3/c1-23-8-20-13-12(23)14(27)25(15(28)24(13)2)7-11(26)22-21-10-6-4-3-5-9(10)16(17,18)19/h3-6,8,21H,7H2,1-2H3,(H,22,26). The fourth-order valence-corrected chi connectivity index (χ4v) is 2.70. The first-order valence-corrected chi connectivity index (χ1v) is 7.93. The number of aromatic nitrogens is 4. The number of benzene rings is 1. The van der Waals surface area contributed by atoms with E-state index in [1.54, 1.807) is 7.05 Å². The zero-order chi connectivity index (χ0) is 20.6. The van der Waals surface area contributed by atoms with Gasteiger partial charge in [-0.15, -0.1) is 0 Å². The third-order valence-electron chi connectivity index (χ3n) is 4.07. The summed E-state index contributed by atoms with van der Waals surface area (Å²) >= 11 is 0. The molecule has 3 aromatic rings. The van der Waals surface area contributed by atoms with E-state index in [0.29, 0.717) is 4.57 Å². The quantitative estimate of drug-likeness (QED) is 0.629. The van der Waals surface area contributed by atoms with Crippen LogP contribution >= 0.6 is 0 Å². The molecule has 0 fully saturated rings. The molecule has 1 aromatic carbocycles. The molecule has 2 N–H and O–H groups in total. The zero-order valence-corrected chi connectivity index (χ0v) is 14.7. The van der Waals surface area contributed by atoms with Gasteiger partial charge in [-0.3, -0.25) is 25.0 Å². The van der Waals surface area contributed by atoms with E-state index >= 15 is 0 Å². The SMILES string of the molecule is Cn1cnc2c1c(=O)n(CC(=O)NNc1ccccc1C(F)(F)F)c(=O)n2C. The molecule has 148 valence electrons. The van der Waals surface area contributed by atoms with E-state index in [1.165, 1.54) is 30.1 Å². The van der Waals surface area contributed by atoms with Gasteiger partial charge in [0.25, 0.3) is 11.5 Å². The van der Waals surface area contributed by atoms with Crippen LogP contribution in [0.25, 0.3) is 11.2 Å². The van der Waals surface area contributed by atoms with Crippen LogP contribution < -0.4 is 22.1 Å². The lowest BCUT2D eigenvalue weighted by Crippen LogP contribution is -2.44. The Hall–Kier alpha value is -3.57. The second-order valence-electron chi connectivity index (χ2n) is 5.98. The van der Waals surface area contributed by atoms with Crippen molar-refractivity contribution in [2.75, 3.05) is 5.43 Å². The number of imidazole rings is 1. The van der Waals surface area contributed by atoms with Crippen LogP contribution in [0.15, 0.2) is 40.2 Å². The number of rotatable bonds is 4. The van der Waals surface area contributed by atoms with Crippen LogP contribution in [0.5, 0.6) is 0 Å². The Morgan fingerprint density at radius 2 is 1.86 bits per heavy atom. The Balaban J connectivity index is 1.85. The van der Waals surface area contributed by atoms with Gasteiger partial charge in [-0.2, -0.15) is 13.2 Å². The van der Waals surface area contributed by atoms with Crippen molar-refractivity contribution in [2.24, 2.45) is 14.1 Å². The lowest BCUT2D eigenvalue weighted by molar-refractivity contribution is -0.137. The Labute approximate surface area is 155 Å². The molecule has 0 bridgehead atoms. The summed E-state index contributed by atoms with van der Waals surface area (Å²) in [6, 6.07) is 4.56. The highest BCUT2D eigenvalue weighted by Gasteiger charge is 2.33. The first-order chi connectivity index (χ1) is 13.1. The normalized spacial score (nSPS) is 11.6. The number of anilines is 1. The van der Waals surface area contributed by atoms with Crippen molar-refractivity contribution >= 4 is 22.8 Å². The molecule has 3 rings (SSSR count). The first-order valence-electron chi connectivity index (χ1n) is 7.93. The summed E-state index contributed by atoms with van der Waals surface area (Å²) in [5.74, 6) is -0.877. The first kappa shape index (κ1) is 19.2. The number of hydrazine groups is 1. The van der Waals surface area contributed by atoms with Crippen LogP contribution in [0.3, 0.4) is 0 Å². The number of amides is 1. The molecule has 0 spiro atoms. The van der Waals surface area contributed by atoms with Crippen molar-refractivity contribution in [2.45, 2.75) is 12.7 Å². The van der Waals surface area contributed by atoms with Gasteiger partial charge in [0.15, 0.2) is 11.2 Å². The van der Waals surface area contributed by atoms with E-state index in [4.69, 9.17) is 0 Å². The summed E-state index contributed by atoms with van der Waals surface area (Å²) < 4.78 is 42.1. The molecule has 9 nitrogen and oxygen atoms in total. The van der Waals surface area contributed by atoms with Crippen LogP contribution in [0.2, 0.25) is 0 Å². The summed E-state index contributed by atoms with van der Waals surface area (Å²) in [6.45, 7) is -0.687. The van der Waals surface area contributed by atoms with Crippen LogP contribution in [0.4, 0.5) is 18.9 Å². The Morgan fingerprint density at radius 3 is 2.54 bits per heavy atom. The summed E-state index contributed by atoms with van der Waals surface area (Å²) in [5, 5.41) is 0. The van der Waals surface area contributed by atoms with E-state index in [0.717, 1.165) is 16.7 Å². The number of para-hydroxylation sites is 1. The fraction of sp³-hybridized carbons (Fsp3) is 0.250. The van der Waals surface area contributed by atoms with Gasteiger partial charge in [-0.05, 0) is 12.1 Å². The highest BCUT2D eigenvalue weighted by Crippen LogP contribution is 2.34. The molecular weight excluding hydrogens is 381 g/mol. The predicted octanol–water partition coefficient (Wildman–Crippen LogP) is 0.596. The van der Waals surface area contributed by atoms with Gasteiger partial charge in [0, 0.05) is 14.1 Å². The van der Waals surface area contributed by atoms with Gasteiger partial charge in [-0.25, -0.2) is 14.3 Å². The molecule has 28 heavy (non-hydrogen) atoms. The van der Waals surface area contributed by atoms with Gasteiger partial charge in [0.05, 0.1) is 17.6 Å². The lowest BCUT2D eigenvalue weighted by atomic mass is 10.2. The molecule has 0 saturated heterocycles. The Morgan fingerprint density at radius 1 is 1.18 bits per heavy atom. The van der Waals surface area contributed by atoms with Crippen LogP contribution in [-0.2, 0) is 31.6 Å². The number of alkyl halides is 3. The monoisotopic (exact) mass is 396 g/mol. The van der Waals surface area contributed by atoms with E-state index in [-0.39, 0.29) is 16.9 Å². The average Bonchev–Trinajstić information content (AvgIpc) is 3.03. The summed E-state index contributed by atoms with van der Waals surface area (Å²) in [7, 11) is 2.95. The maximum absolute atomic E-state index is 13.0. The number of hydrogen-bond acceptors (Lipinski definition) is 5. The number of nitrogens with zero attached hydrogens (tertiary/aromatic N) is 4. The largest absolute Gasteiger partial charge is 0.418 e. The minimum Gasteiger partial charge on any atom is -0.328 e. The number of aryl methyl sites for hydroxylation is 2. The van der Waals surface area contributed by atoms with Crippen LogP contribution in [0.1, 0.15) is 5.56 Å². The Kier molecular flexibility index (Phi) is 4.71. The summed E-state index contributed by atoms with van der Waals surface area (Å²) in [6.07, 6.45) is -3.27. The second-order valence-corrected chi connectivity index (χ2v) is 5.98. The van der Waals surface area contributed by atoms with Gasteiger partial charge >= 0.3 is 11.9 Å². The molecule has 1 amide bonds. The molecule has 0 saturated carbocycles. The van der Waals surface area contributed by atoms with Crippen LogP contribution in [0, 0.1) is 0 Å². The summed E-state index contributed by atoms with van der Waals surface area (Å²) in [4.78, 5) is 41.0. The van der Waals surface area contributed by atoms with Gasteiger partial charge < -0.3 is 4.57 Å². The Bertz CT molecular complexity index is 1180. The highest BCUT2D eigenvalue weighted by molar-refractivity contribution is 5.78. The second kappa shape index (κ2) is 6.87. The minimum atomic E-state index is -4.62. The van der Waals surface area contributed by atoms with Crippen molar-refractivity contribution in [3.8, 4) is 0 Å². The molecular formula is C16H15F3N6O3. The molecule has 2 aromatic heterocycles. The number of carbonyl (C=O) groups excluding carboxylic acids is 1. The topological polar surface area (TPSA) is 103 Å². The van der Waals surface area contributed by atoms with E-state index in [9.17, 15) is 27.6 Å². The van der Waals surface area contributed by atoms with Crippen molar-refractivity contribution in [3.05, 3.63) is 57.0 Å². The number of hydrogen-bond donors (Lipinski definition) is 2. The molecule has 12 heteroatoms. The van der Waals surface area contributed by atoms with Gasteiger partial charge in [-0.1, -0.05) is 12.1 Å². The third kappa shape index (κ3) is 3.35. The van der Waals surface area contributed by atoms with Crippen molar-refractivity contribution < 1.29 is 18.0 Å². The maximum atomic E-state index is 13.0. The van der Waals surface area contributed by atoms with E-state index in [1.807, 2.05) is 0 Å². The van der Waals surface area contributed by atoms with Gasteiger partial charge in [0.1, 0.15) is 6.54 Å². The van der Waals surface area contributed by atoms with Crippen LogP contribution in [-0.4, -0.2) is 24.6 Å². The maximum Gasteiger partial charge on any atom is 0.418 e. The number of nitrogens with one attached hydrogen (secondary N) is 2. The molecule has 0 atom stereocenters. The molecule has 2 heterocycles. The van der Waals surface area contributed by atoms with E-state index < -0.39 is 35.4 Å². The molecule has 0 radical (unpaired) electrons. The minimum absolute atomic E-state index is 0.116. The number of carbonyl (C=O) groups is 1. The highest BCUT2D eigenvalue weighted by atomic mass is 19.4. The van der Waals surface area contributed by atoms with E-state index in [2.05, 4.69) is 15.8 Å². The molecule has 0 aliphatic rings. The lowest BCUT2D eigenvalue weighted by Gasteiger charge is -2.15.